The number of rotatable bonds is 4. The van der Waals surface area contributed by atoms with E-state index in [2.05, 4.69) is 194 Å². The van der Waals surface area contributed by atoms with Gasteiger partial charge in [0, 0.05) is 25.7 Å². The highest BCUT2D eigenvalue weighted by Gasteiger charge is 2.22. The van der Waals surface area contributed by atoms with Crippen molar-refractivity contribution in [1.82, 2.24) is 0 Å². The number of thiophene rings is 1. The lowest BCUT2D eigenvalue weighted by molar-refractivity contribution is 1.63. The summed E-state index contributed by atoms with van der Waals surface area (Å²) in [5.41, 5.74) is 10.1. The average Bonchev–Trinajstić information content (AvgIpc) is 3.62. The van der Waals surface area contributed by atoms with E-state index in [1.165, 1.54) is 108 Å². The first-order valence-corrected chi connectivity index (χ1v) is 19.1. The zero-order valence-electron chi connectivity index (χ0n) is 28.9. The molecule has 10 aromatic carbocycles. The number of hydrogen-bond acceptors (Lipinski definition) is 1. The Hall–Kier alpha value is -6.54. The third-order valence-electron chi connectivity index (χ3n) is 11.0. The fourth-order valence-corrected chi connectivity index (χ4v) is 10.1. The zero-order valence-corrected chi connectivity index (χ0v) is 29.7. The van der Waals surface area contributed by atoms with Crippen LogP contribution in [0, 0.1) is 0 Å². The molecule has 246 valence electrons. The Morgan fingerprint density at radius 2 is 0.755 bits per heavy atom. The SMILES string of the molecule is c1ccc(-c2c(-c3cccc(-c4c5ccccc5c(-c5cccc6ccccc56)c5ccccc45)c3)c3ccccc3c3c2sc2ccccc23)cc1. The smallest absolute Gasteiger partial charge is 0.0446 e. The summed E-state index contributed by atoms with van der Waals surface area (Å²) in [5.74, 6) is 0. The van der Waals surface area contributed by atoms with Gasteiger partial charge in [0.1, 0.15) is 0 Å². The molecule has 0 saturated carbocycles. The molecule has 0 saturated heterocycles. The summed E-state index contributed by atoms with van der Waals surface area (Å²) in [7, 11) is 0. The van der Waals surface area contributed by atoms with E-state index in [1.54, 1.807) is 0 Å². The second-order valence-corrected chi connectivity index (χ2v) is 15.0. The first-order valence-electron chi connectivity index (χ1n) is 18.3. The van der Waals surface area contributed by atoms with E-state index in [0.29, 0.717) is 0 Å². The van der Waals surface area contributed by atoms with Gasteiger partial charge in [-0.25, -0.2) is 0 Å². The van der Waals surface area contributed by atoms with Crippen LogP contribution in [0.5, 0.6) is 0 Å². The Morgan fingerprint density at radius 1 is 0.283 bits per heavy atom. The van der Waals surface area contributed by atoms with Crippen molar-refractivity contribution in [1.29, 1.82) is 0 Å². The summed E-state index contributed by atoms with van der Waals surface area (Å²) < 4.78 is 2.66. The predicted molar refractivity (Wildman–Crippen MR) is 231 cm³/mol. The molecule has 0 aliphatic heterocycles. The molecule has 0 bridgehead atoms. The minimum atomic E-state index is 1.22. The largest absolute Gasteiger partial charge is 0.134 e. The maximum Gasteiger partial charge on any atom is 0.0446 e. The topological polar surface area (TPSA) is 0 Å². The van der Waals surface area contributed by atoms with Crippen LogP contribution in [0.15, 0.2) is 194 Å². The van der Waals surface area contributed by atoms with E-state index in [4.69, 9.17) is 0 Å². The van der Waals surface area contributed by atoms with Gasteiger partial charge in [0.25, 0.3) is 0 Å². The van der Waals surface area contributed by atoms with Crippen molar-refractivity contribution in [2.24, 2.45) is 0 Å². The van der Waals surface area contributed by atoms with Crippen LogP contribution < -0.4 is 0 Å². The molecule has 0 atom stereocenters. The van der Waals surface area contributed by atoms with Gasteiger partial charge in [-0.1, -0.05) is 182 Å². The molecule has 0 radical (unpaired) electrons. The number of fused-ring (bicyclic) bond motifs is 8. The van der Waals surface area contributed by atoms with Crippen LogP contribution in [-0.2, 0) is 0 Å². The lowest BCUT2D eigenvalue weighted by atomic mass is 9.83. The molecule has 0 unspecified atom stereocenters. The van der Waals surface area contributed by atoms with Gasteiger partial charge in [-0.2, -0.15) is 0 Å². The van der Waals surface area contributed by atoms with Gasteiger partial charge in [-0.05, 0) is 94.2 Å². The maximum absolute atomic E-state index is 2.44. The molecule has 0 N–H and O–H groups in total. The first kappa shape index (κ1) is 30.1. The van der Waals surface area contributed by atoms with Gasteiger partial charge in [-0.3, -0.25) is 0 Å². The van der Waals surface area contributed by atoms with E-state index < -0.39 is 0 Å². The Bertz CT molecular complexity index is 3160. The standard InChI is InChI=1S/C52H32S/c1-2-17-34(18-3-1)49-48(41-25-8-11-28-44(41)51-45-29-12-13-31-46(45)53-52(49)51)36-21-14-20-35(32-36)47-39-23-6-9-26-42(39)50(43-27-10-7-24-40(43)47)38-30-15-19-33-16-4-5-22-37(33)38/h1-32H. The van der Waals surface area contributed by atoms with Crippen LogP contribution in [0.3, 0.4) is 0 Å². The third kappa shape index (κ3) is 4.61. The fourth-order valence-electron chi connectivity index (χ4n) is 8.84. The third-order valence-corrected chi connectivity index (χ3v) is 12.2. The normalized spacial score (nSPS) is 11.8. The van der Waals surface area contributed by atoms with Gasteiger partial charge < -0.3 is 0 Å². The number of benzene rings is 10. The zero-order chi connectivity index (χ0) is 34.9. The van der Waals surface area contributed by atoms with Crippen LogP contribution in [0.2, 0.25) is 0 Å². The highest BCUT2D eigenvalue weighted by atomic mass is 32.1. The molecule has 1 aromatic heterocycles. The molecular weight excluding hydrogens is 657 g/mol. The Morgan fingerprint density at radius 3 is 1.45 bits per heavy atom. The first-order chi connectivity index (χ1) is 26.3. The summed E-state index contributed by atoms with van der Waals surface area (Å²) in [6, 6.07) is 71.6. The van der Waals surface area contributed by atoms with E-state index in [-0.39, 0.29) is 0 Å². The van der Waals surface area contributed by atoms with Gasteiger partial charge in [0.05, 0.1) is 0 Å². The van der Waals surface area contributed by atoms with Gasteiger partial charge in [0.2, 0.25) is 0 Å². The van der Waals surface area contributed by atoms with Crippen molar-refractivity contribution in [2.45, 2.75) is 0 Å². The van der Waals surface area contributed by atoms with Crippen molar-refractivity contribution < 1.29 is 0 Å². The quantitative estimate of drug-likeness (QED) is 0.162. The molecule has 0 aliphatic rings. The van der Waals surface area contributed by atoms with E-state index in [0.717, 1.165) is 0 Å². The van der Waals surface area contributed by atoms with Crippen LogP contribution in [0.4, 0.5) is 0 Å². The lowest BCUT2D eigenvalue weighted by Gasteiger charge is -2.20. The van der Waals surface area contributed by atoms with Crippen LogP contribution in [0.25, 0.3) is 108 Å². The van der Waals surface area contributed by atoms with Crippen molar-refractivity contribution in [3.8, 4) is 44.5 Å². The molecular formula is C52H32S. The van der Waals surface area contributed by atoms with Gasteiger partial charge in [-0.15, -0.1) is 11.3 Å². The highest BCUT2D eigenvalue weighted by Crippen LogP contribution is 2.51. The second kappa shape index (κ2) is 12.0. The van der Waals surface area contributed by atoms with Crippen molar-refractivity contribution in [3.63, 3.8) is 0 Å². The van der Waals surface area contributed by atoms with E-state index in [9.17, 15) is 0 Å². The predicted octanol–water partition coefficient (Wildman–Crippen LogP) is 15.3. The molecule has 0 fully saturated rings. The molecule has 0 spiro atoms. The summed E-state index contributed by atoms with van der Waals surface area (Å²) >= 11 is 1.91. The minimum absolute atomic E-state index is 1.22. The highest BCUT2D eigenvalue weighted by molar-refractivity contribution is 7.26. The van der Waals surface area contributed by atoms with Crippen molar-refractivity contribution >= 4 is 74.6 Å². The lowest BCUT2D eigenvalue weighted by Crippen LogP contribution is -1.93. The molecule has 0 amide bonds. The molecule has 53 heavy (non-hydrogen) atoms. The number of hydrogen-bond donors (Lipinski definition) is 0. The fraction of sp³-hybridized carbons (Fsp3) is 0. The summed E-state index contributed by atoms with van der Waals surface area (Å²) in [5, 5.41) is 12.8. The monoisotopic (exact) mass is 688 g/mol. The van der Waals surface area contributed by atoms with Crippen LogP contribution >= 0.6 is 11.3 Å². The van der Waals surface area contributed by atoms with Crippen LogP contribution in [0.1, 0.15) is 0 Å². The molecule has 0 nitrogen and oxygen atoms in total. The molecule has 0 aliphatic carbocycles. The van der Waals surface area contributed by atoms with Crippen molar-refractivity contribution in [3.05, 3.63) is 194 Å². The summed E-state index contributed by atoms with van der Waals surface area (Å²) in [6.07, 6.45) is 0. The molecule has 11 aromatic rings. The summed E-state index contributed by atoms with van der Waals surface area (Å²) in [6.45, 7) is 0. The maximum atomic E-state index is 2.44. The van der Waals surface area contributed by atoms with E-state index in [1.807, 2.05) is 11.3 Å². The van der Waals surface area contributed by atoms with Gasteiger partial charge >= 0.3 is 0 Å². The molecule has 1 heteroatoms. The van der Waals surface area contributed by atoms with Crippen LogP contribution in [-0.4, -0.2) is 0 Å². The second-order valence-electron chi connectivity index (χ2n) is 13.9. The Kier molecular flexibility index (Phi) is 6.83. The van der Waals surface area contributed by atoms with E-state index >= 15 is 0 Å². The minimum Gasteiger partial charge on any atom is -0.134 e. The van der Waals surface area contributed by atoms with Crippen molar-refractivity contribution in [2.75, 3.05) is 0 Å². The Balaban J connectivity index is 1.24. The Labute approximate surface area is 311 Å². The van der Waals surface area contributed by atoms with Gasteiger partial charge in [0.15, 0.2) is 0 Å². The summed E-state index contributed by atoms with van der Waals surface area (Å²) in [4.78, 5) is 0. The molecule has 11 rings (SSSR count). The average molecular weight is 689 g/mol. The molecule has 1 heterocycles.